The van der Waals surface area contributed by atoms with Crippen molar-refractivity contribution in [2.45, 2.75) is 13.5 Å². The largest absolute Gasteiger partial charge is 0.490 e. The summed E-state index contributed by atoms with van der Waals surface area (Å²) < 4.78 is 12.1. The van der Waals surface area contributed by atoms with E-state index in [0.717, 1.165) is 0 Å². The summed E-state index contributed by atoms with van der Waals surface area (Å²) in [6, 6.07) is 9.41. The second kappa shape index (κ2) is 11.0. The Kier molecular flexibility index (Phi) is 8.13. The standard InChI is InChI=1S/C23H20BrN3O6S/c1-3-8-26-22(29)17(21(28)25-23(26)34)10-15-11-19(32-4-2)20(12-18(15)24)33-13-14-6-5-7-16(9-14)27(30)31/h3,5-7,9-12H,1,4,8,13H2,2H3,(H,25,28,34)/b17-10+. The van der Waals surface area contributed by atoms with Gasteiger partial charge in [-0.25, -0.2) is 0 Å². The Hall–Kier alpha value is -3.57. The van der Waals surface area contributed by atoms with Crippen LogP contribution in [0.15, 0.2) is 59.1 Å². The van der Waals surface area contributed by atoms with Crippen molar-refractivity contribution in [1.82, 2.24) is 10.2 Å². The van der Waals surface area contributed by atoms with Crippen molar-refractivity contribution in [1.29, 1.82) is 0 Å². The zero-order valence-corrected chi connectivity index (χ0v) is 20.5. The molecule has 9 nitrogen and oxygen atoms in total. The second-order valence-electron chi connectivity index (χ2n) is 6.99. The Morgan fingerprint density at radius 2 is 1.97 bits per heavy atom. The zero-order valence-electron chi connectivity index (χ0n) is 18.1. The normalized spacial score (nSPS) is 14.7. The van der Waals surface area contributed by atoms with Crippen molar-refractivity contribution >= 4 is 56.8 Å². The molecule has 1 heterocycles. The van der Waals surface area contributed by atoms with Crippen LogP contribution in [0.1, 0.15) is 18.1 Å². The van der Waals surface area contributed by atoms with Gasteiger partial charge in [0.2, 0.25) is 0 Å². The summed E-state index contributed by atoms with van der Waals surface area (Å²) in [5.74, 6) is -0.378. The number of nitro benzene ring substituents is 1. The first-order valence-corrected chi connectivity index (χ1v) is 11.3. The van der Waals surface area contributed by atoms with Crippen molar-refractivity contribution in [3.8, 4) is 11.5 Å². The quantitative estimate of drug-likeness (QED) is 0.126. The molecule has 0 atom stereocenters. The fraction of sp³-hybridized carbons (Fsp3) is 0.174. The monoisotopic (exact) mass is 545 g/mol. The number of halogens is 1. The number of non-ortho nitro benzene ring substituents is 1. The van der Waals surface area contributed by atoms with Crippen LogP contribution >= 0.6 is 28.1 Å². The molecule has 0 unspecified atom stereocenters. The molecular weight excluding hydrogens is 526 g/mol. The van der Waals surface area contributed by atoms with Gasteiger partial charge in [-0.05, 0) is 48.5 Å². The molecule has 0 spiro atoms. The lowest BCUT2D eigenvalue weighted by molar-refractivity contribution is -0.384. The number of nitro groups is 1. The van der Waals surface area contributed by atoms with E-state index < -0.39 is 16.7 Å². The smallest absolute Gasteiger partial charge is 0.269 e. The highest BCUT2D eigenvalue weighted by Gasteiger charge is 2.32. The van der Waals surface area contributed by atoms with E-state index in [9.17, 15) is 19.7 Å². The van der Waals surface area contributed by atoms with Crippen LogP contribution in [0.5, 0.6) is 11.5 Å². The summed E-state index contributed by atoms with van der Waals surface area (Å²) >= 11 is 8.51. The van der Waals surface area contributed by atoms with E-state index in [1.54, 1.807) is 31.2 Å². The lowest BCUT2D eigenvalue weighted by Gasteiger charge is -2.27. The van der Waals surface area contributed by atoms with Gasteiger partial charge in [0.05, 0.1) is 11.5 Å². The lowest BCUT2D eigenvalue weighted by atomic mass is 10.1. The molecule has 1 fully saturated rings. The molecule has 1 aliphatic rings. The Bertz CT molecular complexity index is 1210. The first-order valence-electron chi connectivity index (χ1n) is 10.1. The molecule has 2 aromatic carbocycles. The zero-order chi connectivity index (χ0) is 24.8. The fourth-order valence-electron chi connectivity index (χ4n) is 3.11. The number of hydrogen-bond donors (Lipinski definition) is 1. The van der Waals surface area contributed by atoms with Gasteiger partial charge in [-0.2, -0.15) is 0 Å². The molecule has 0 radical (unpaired) electrons. The minimum absolute atomic E-state index is 0.0195. The van der Waals surface area contributed by atoms with E-state index in [1.807, 2.05) is 0 Å². The molecule has 0 bridgehead atoms. The summed E-state index contributed by atoms with van der Waals surface area (Å²) in [5, 5.41) is 13.5. The molecule has 0 aliphatic carbocycles. The molecule has 1 N–H and O–H groups in total. The Balaban J connectivity index is 1.91. The van der Waals surface area contributed by atoms with E-state index in [0.29, 0.717) is 33.7 Å². The summed E-state index contributed by atoms with van der Waals surface area (Å²) in [4.78, 5) is 37.0. The number of nitrogens with zero attached hydrogens (tertiary/aromatic N) is 2. The Labute approximate surface area is 209 Å². The van der Waals surface area contributed by atoms with Crippen molar-refractivity contribution in [2.24, 2.45) is 0 Å². The maximum atomic E-state index is 12.8. The van der Waals surface area contributed by atoms with Crippen LogP contribution in [0, 0.1) is 10.1 Å². The highest BCUT2D eigenvalue weighted by Crippen LogP contribution is 2.36. The lowest BCUT2D eigenvalue weighted by Crippen LogP contribution is -2.53. The third-order valence-electron chi connectivity index (χ3n) is 4.68. The maximum Gasteiger partial charge on any atom is 0.269 e. The first kappa shape index (κ1) is 25.1. The van der Waals surface area contributed by atoms with E-state index in [4.69, 9.17) is 21.7 Å². The molecule has 0 aromatic heterocycles. The predicted molar refractivity (Wildman–Crippen MR) is 133 cm³/mol. The SMILES string of the molecule is C=CCN1C(=O)/C(=C/c2cc(OCC)c(OCc3cccc([N+](=O)[O-])c3)cc2Br)C(=O)NC1=S. The number of carbonyl (C=O) groups is 2. The highest BCUT2D eigenvalue weighted by molar-refractivity contribution is 9.10. The van der Waals surface area contributed by atoms with Crippen LogP contribution in [0.4, 0.5) is 5.69 Å². The number of carbonyl (C=O) groups excluding carboxylic acids is 2. The second-order valence-corrected chi connectivity index (χ2v) is 8.23. The van der Waals surface area contributed by atoms with Crippen LogP contribution in [-0.4, -0.2) is 39.9 Å². The molecule has 2 aromatic rings. The van der Waals surface area contributed by atoms with E-state index in [-0.39, 0.29) is 29.5 Å². The van der Waals surface area contributed by atoms with Crippen LogP contribution in [0.25, 0.3) is 6.08 Å². The van der Waals surface area contributed by atoms with Crippen molar-refractivity contribution in [2.75, 3.05) is 13.2 Å². The average molecular weight is 546 g/mol. The number of rotatable bonds is 9. The van der Waals surface area contributed by atoms with Gasteiger partial charge in [0.25, 0.3) is 17.5 Å². The third-order valence-corrected chi connectivity index (χ3v) is 5.69. The Morgan fingerprint density at radius 1 is 1.24 bits per heavy atom. The third kappa shape index (κ3) is 5.67. The molecular formula is C23H20BrN3O6S. The summed E-state index contributed by atoms with van der Waals surface area (Å²) in [5.41, 5.74) is 0.997. The molecule has 11 heteroatoms. The van der Waals surface area contributed by atoms with Gasteiger partial charge in [0.15, 0.2) is 16.6 Å². The molecule has 3 rings (SSSR count). The number of nitrogens with one attached hydrogen (secondary N) is 1. The van der Waals surface area contributed by atoms with Crippen LogP contribution in [0.3, 0.4) is 0 Å². The van der Waals surface area contributed by atoms with E-state index in [1.165, 1.54) is 29.2 Å². The molecule has 34 heavy (non-hydrogen) atoms. The Morgan fingerprint density at radius 3 is 2.65 bits per heavy atom. The van der Waals surface area contributed by atoms with Gasteiger partial charge < -0.3 is 9.47 Å². The van der Waals surface area contributed by atoms with Crippen molar-refractivity contribution < 1.29 is 24.0 Å². The minimum Gasteiger partial charge on any atom is -0.490 e. The highest BCUT2D eigenvalue weighted by atomic mass is 79.9. The van der Waals surface area contributed by atoms with Gasteiger partial charge in [0, 0.05) is 23.2 Å². The maximum absolute atomic E-state index is 12.8. The van der Waals surface area contributed by atoms with Gasteiger partial charge in [0.1, 0.15) is 12.2 Å². The number of thiocarbonyl (C=S) groups is 1. The van der Waals surface area contributed by atoms with Gasteiger partial charge >= 0.3 is 0 Å². The van der Waals surface area contributed by atoms with Gasteiger partial charge in [-0.15, -0.1) is 6.58 Å². The molecule has 1 saturated heterocycles. The molecule has 2 amide bonds. The summed E-state index contributed by atoms with van der Waals surface area (Å²) in [6.07, 6.45) is 2.95. The predicted octanol–water partition coefficient (Wildman–Crippen LogP) is 4.15. The number of benzene rings is 2. The minimum atomic E-state index is -0.605. The van der Waals surface area contributed by atoms with E-state index >= 15 is 0 Å². The van der Waals surface area contributed by atoms with Gasteiger partial charge in [-0.3, -0.25) is 29.9 Å². The topological polar surface area (TPSA) is 111 Å². The summed E-state index contributed by atoms with van der Waals surface area (Å²) in [7, 11) is 0. The number of hydrogen-bond acceptors (Lipinski definition) is 7. The summed E-state index contributed by atoms with van der Waals surface area (Å²) in [6.45, 7) is 5.98. The van der Waals surface area contributed by atoms with E-state index in [2.05, 4.69) is 27.8 Å². The molecule has 176 valence electrons. The van der Waals surface area contributed by atoms with Crippen molar-refractivity contribution in [3.05, 3.63) is 80.3 Å². The average Bonchev–Trinajstić information content (AvgIpc) is 2.80. The van der Waals surface area contributed by atoms with Crippen LogP contribution in [0.2, 0.25) is 0 Å². The number of amides is 2. The van der Waals surface area contributed by atoms with Crippen LogP contribution in [-0.2, 0) is 16.2 Å². The fourth-order valence-corrected chi connectivity index (χ4v) is 3.79. The molecule has 1 aliphatic heterocycles. The van der Waals surface area contributed by atoms with Crippen LogP contribution < -0.4 is 14.8 Å². The van der Waals surface area contributed by atoms with Crippen molar-refractivity contribution in [3.63, 3.8) is 0 Å². The molecule has 0 saturated carbocycles. The number of ether oxygens (including phenoxy) is 2. The first-order chi connectivity index (χ1) is 16.2. The van der Waals surface area contributed by atoms with Gasteiger partial charge in [-0.1, -0.05) is 34.1 Å².